The largest absolute Gasteiger partial charge is 0.524 e. The van der Waals surface area contributed by atoms with Gasteiger partial charge in [-0.05, 0) is 31.1 Å². The molecular formula is C20H43NO5Si. The number of aliphatic hydroxyl groups is 1. The van der Waals surface area contributed by atoms with Crippen molar-refractivity contribution < 1.29 is 23.2 Å². The Morgan fingerprint density at radius 2 is 1.52 bits per heavy atom. The van der Waals surface area contributed by atoms with Crippen LogP contribution < -0.4 is 5.32 Å². The van der Waals surface area contributed by atoms with E-state index in [1.165, 1.54) is 0 Å². The molecule has 2 unspecified atom stereocenters. The third-order valence-corrected chi connectivity index (χ3v) is 8.88. The maximum Gasteiger partial charge on any atom is 0.524 e. The molecule has 0 aromatic heterocycles. The second-order valence-corrected chi connectivity index (χ2v) is 11.0. The van der Waals surface area contributed by atoms with Crippen LogP contribution in [0, 0.1) is 5.41 Å². The summed E-state index contributed by atoms with van der Waals surface area (Å²) >= 11 is 0. The molecule has 1 amide bonds. The van der Waals surface area contributed by atoms with Gasteiger partial charge in [-0.2, -0.15) is 0 Å². The maximum absolute atomic E-state index is 12.5. The van der Waals surface area contributed by atoms with Crippen molar-refractivity contribution in [1.82, 2.24) is 5.32 Å². The first kappa shape index (κ1) is 26.5. The standard InChI is InChI=1S/C20H43NO5Si/c1-8-10-11-14-17(22)15-12-13-16-18(23)21-19(20(3,4)9-2)27(24-5,25-6)26-7/h17,19,22H,8-16H2,1-7H3,(H,21,23). The molecule has 0 heterocycles. The van der Waals surface area contributed by atoms with Gasteiger partial charge in [0.2, 0.25) is 5.91 Å². The molecule has 0 aliphatic carbocycles. The highest BCUT2D eigenvalue weighted by Gasteiger charge is 2.54. The Balaban J connectivity index is 4.62. The Morgan fingerprint density at radius 1 is 1.00 bits per heavy atom. The fraction of sp³-hybridized carbons (Fsp3) is 0.950. The van der Waals surface area contributed by atoms with Gasteiger partial charge in [-0.1, -0.05) is 53.4 Å². The Hall–Kier alpha value is -0.473. The lowest BCUT2D eigenvalue weighted by atomic mass is 9.89. The average molecular weight is 406 g/mol. The van der Waals surface area contributed by atoms with Crippen LogP contribution in [0.15, 0.2) is 0 Å². The molecule has 0 aliphatic rings. The number of amides is 1. The zero-order chi connectivity index (χ0) is 20.9. The second-order valence-electron chi connectivity index (χ2n) is 7.95. The minimum Gasteiger partial charge on any atom is -0.393 e. The Kier molecular flexibility index (Phi) is 13.4. The number of rotatable bonds is 16. The summed E-state index contributed by atoms with van der Waals surface area (Å²) < 4.78 is 16.9. The Labute approximate surface area is 167 Å². The summed E-state index contributed by atoms with van der Waals surface area (Å²) in [5, 5.41) is 13.1. The van der Waals surface area contributed by atoms with Crippen molar-refractivity contribution in [3.8, 4) is 0 Å². The number of unbranched alkanes of at least 4 members (excludes halogenated alkanes) is 3. The molecule has 0 aliphatic heterocycles. The lowest BCUT2D eigenvalue weighted by Gasteiger charge is -2.41. The van der Waals surface area contributed by atoms with E-state index in [1.54, 1.807) is 21.3 Å². The van der Waals surface area contributed by atoms with Crippen molar-refractivity contribution in [3.05, 3.63) is 0 Å². The number of aliphatic hydroxyl groups excluding tert-OH is 1. The summed E-state index contributed by atoms with van der Waals surface area (Å²) in [5.41, 5.74) is -0.540. The van der Waals surface area contributed by atoms with Gasteiger partial charge in [-0.15, -0.1) is 0 Å². The van der Waals surface area contributed by atoms with Crippen LogP contribution in [0.4, 0.5) is 0 Å². The van der Waals surface area contributed by atoms with Gasteiger partial charge in [0.05, 0.1) is 6.10 Å². The molecule has 0 aromatic rings. The van der Waals surface area contributed by atoms with E-state index < -0.39 is 8.80 Å². The lowest BCUT2D eigenvalue weighted by Crippen LogP contribution is -2.66. The minimum atomic E-state index is -3.02. The fourth-order valence-electron chi connectivity index (χ4n) is 3.24. The van der Waals surface area contributed by atoms with Gasteiger partial charge in [-0.3, -0.25) is 4.79 Å². The molecule has 0 radical (unpaired) electrons. The number of hydrogen-bond donors (Lipinski definition) is 2. The Morgan fingerprint density at radius 3 is 1.96 bits per heavy atom. The van der Waals surface area contributed by atoms with Crippen LogP contribution in [0.3, 0.4) is 0 Å². The summed E-state index contributed by atoms with van der Waals surface area (Å²) in [4.78, 5) is 12.5. The van der Waals surface area contributed by atoms with E-state index in [9.17, 15) is 9.90 Å². The zero-order valence-corrected chi connectivity index (χ0v) is 19.6. The van der Waals surface area contributed by atoms with E-state index in [-0.39, 0.29) is 23.1 Å². The molecule has 0 bridgehead atoms. The van der Waals surface area contributed by atoms with Gasteiger partial charge in [0, 0.05) is 27.8 Å². The summed E-state index contributed by atoms with van der Waals surface area (Å²) in [6, 6.07) is 0. The predicted molar refractivity (Wildman–Crippen MR) is 111 cm³/mol. The molecule has 0 fully saturated rings. The summed E-state index contributed by atoms with van der Waals surface area (Å²) in [7, 11) is 1.70. The van der Waals surface area contributed by atoms with Crippen LogP contribution in [-0.2, 0) is 18.1 Å². The molecule has 0 saturated carbocycles. The quantitative estimate of drug-likeness (QED) is 0.301. The topological polar surface area (TPSA) is 77.0 Å². The third kappa shape index (κ3) is 9.04. The van der Waals surface area contributed by atoms with Crippen LogP contribution in [0.25, 0.3) is 0 Å². The van der Waals surface area contributed by atoms with E-state index >= 15 is 0 Å². The number of carbonyl (C=O) groups is 1. The van der Waals surface area contributed by atoms with Crippen molar-refractivity contribution in [2.75, 3.05) is 21.3 Å². The van der Waals surface area contributed by atoms with Crippen molar-refractivity contribution in [1.29, 1.82) is 0 Å². The van der Waals surface area contributed by atoms with Crippen LogP contribution in [0.1, 0.15) is 85.5 Å². The Bertz CT molecular complexity index is 394. The number of carbonyl (C=O) groups excluding carboxylic acids is 1. The predicted octanol–water partition coefficient (Wildman–Crippen LogP) is 3.83. The van der Waals surface area contributed by atoms with Gasteiger partial charge >= 0.3 is 8.80 Å². The highest BCUT2D eigenvalue weighted by atomic mass is 28.4. The average Bonchev–Trinajstić information content (AvgIpc) is 2.66. The van der Waals surface area contributed by atoms with Gasteiger partial charge in [0.25, 0.3) is 0 Å². The third-order valence-electron chi connectivity index (χ3n) is 5.54. The van der Waals surface area contributed by atoms with E-state index in [2.05, 4.69) is 33.0 Å². The summed E-state index contributed by atoms with van der Waals surface area (Å²) in [6.07, 6.45) is 7.67. The number of nitrogens with one attached hydrogen (secondary N) is 1. The summed E-state index contributed by atoms with van der Waals surface area (Å²) in [6.45, 7) is 8.42. The van der Waals surface area contributed by atoms with Crippen LogP contribution in [0.2, 0.25) is 0 Å². The first-order valence-corrected chi connectivity index (χ1v) is 12.2. The molecular weight excluding hydrogens is 362 g/mol. The monoisotopic (exact) mass is 405 g/mol. The molecule has 0 saturated heterocycles. The molecule has 7 heteroatoms. The van der Waals surface area contributed by atoms with Crippen molar-refractivity contribution in [2.24, 2.45) is 5.41 Å². The van der Waals surface area contributed by atoms with Crippen LogP contribution in [0.5, 0.6) is 0 Å². The zero-order valence-electron chi connectivity index (χ0n) is 18.6. The van der Waals surface area contributed by atoms with E-state index in [1.807, 2.05) is 0 Å². The first-order chi connectivity index (χ1) is 12.7. The normalized spacial score (nSPS) is 14.8. The number of hydrogen-bond acceptors (Lipinski definition) is 5. The molecule has 0 rings (SSSR count). The second kappa shape index (κ2) is 13.7. The van der Waals surface area contributed by atoms with Crippen LogP contribution in [-0.4, -0.2) is 52.9 Å². The van der Waals surface area contributed by atoms with Gasteiger partial charge < -0.3 is 23.7 Å². The molecule has 6 nitrogen and oxygen atoms in total. The highest BCUT2D eigenvalue weighted by molar-refractivity contribution is 6.62. The van der Waals surface area contributed by atoms with E-state index in [0.717, 1.165) is 51.4 Å². The van der Waals surface area contributed by atoms with Gasteiger partial charge in [0.15, 0.2) is 0 Å². The van der Waals surface area contributed by atoms with Crippen molar-refractivity contribution in [3.63, 3.8) is 0 Å². The lowest BCUT2D eigenvalue weighted by molar-refractivity contribution is -0.122. The highest BCUT2D eigenvalue weighted by Crippen LogP contribution is 2.32. The SMILES string of the molecule is CCCCCC(O)CCCCC(=O)NC(C(C)(C)CC)[Si](OC)(OC)OC. The van der Waals surface area contributed by atoms with E-state index in [4.69, 9.17) is 13.3 Å². The van der Waals surface area contributed by atoms with Crippen LogP contribution >= 0.6 is 0 Å². The molecule has 0 aromatic carbocycles. The summed E-state index contributed by atoms with van der Waals surface area (Å²) in [5.74, 6) is -0.0231. The molecule has 0 spiro atoms. The minimum absolute atomic E-state index is 0.0231. The molecule has 2 atom stereocenters. The smallest absolute Gasteiger partial charge is 0.393 e. The molecule has 27 heavy (non-hydrogen) atoms. The van der Waals surface area contributed by atoms with Crippen molar-refractivity contribution >= 4 is 14.7 Å². The molecule has 2 N–H and O–H groups in total. The fourth-order valence-corrected chi connectivity index (χ4v) is 5.95. The van der Waals surface area contributed by atoms with Gasteiger partial charge in [0.1, 0.15) is 5.67 Å². The van der Waals surface area contributed by atoms with E-state index in [0.29, 0.717) is 6.42 Å². The maximum atomic E-state index is 12.5. The van der Waals surface area contributed by atoms with Crippen molar-refractivity contribution in [2.45, 2.75) is 97.3 Å². The van der Waals surface area contributed by atoms with Gasteiger partial charge in [-0.25, -0.2) is 0 Å². The molecule has 162 valence electrons. The first-order valence-electron chi connectivity index (χ1n) is 10.4.